The lowest BCUT2D eigenvalue weighted by atomic mass is 10.2. The summed E-state index contributed by atoms with van der Waals surface area (Å²) in [5.41, 5.74) is 1.33. The second-order valence-corrected chi connectivity index (χ2v) is 9.95. The van der Waals surface area contributed by atoms with Gasteiger partial charge in [0.25, 0.3) is 0 Å². The molecule has 1 aliphatic heterocycles. The molecule has 0 radical (unpaired) electrons. The van der Waals surface area contributed by atoms with Gasteiger partial charge in [-0.05, 0) is 43.2 Å². The molecule has 2 N–H and O–H groups in total. The second kappa shape index (κ2) is 10.6. The largest absolute Gasteiger partial charge is 0.492 e. The lowest BCUT2D eigenvalue weighted by Crippen LogP contribution is -2.45. The van der Waals surface area contributed by atoms with Crippen molar-refractivity contribution in [1.82, 2.24) is 15.5 Å². The van der Waals surface area contributed by atoms with Crippen LogP contribution in [-0.4, -0.2) is 64.4 Å². The summed E-state index contributed by atoms with van der Waals surface area (Å²) in [6.07, 6.45) is 2.26. The molecule has 168 valence electrons. The molecule has 1 saturated heterocycles. The molecule has 1 fully saturated rings. The number of guanidine groups is 1. The Balaban J connectivity index is 1.40. The zero-order valence-electron chi connectivity index (χ0n) is 18.4. The molecule has 2 unspecified atom stereocenters. The van der Waals surface area contributed by atoms with Gasteiger partial charge in [0.15, 0.2) is 15.8 Å². The number of nitrogens with zero attached hydrogens (tertiary/aromatic N) is 2. The lowest BCUT2D eigenvalue weighted by molar-refractivity contribution is 0.258. The van der Waals surface area contributed by atoms with Crippen molar-refractivity contribution in [3.8, 4) is 5.75 Å². The SMILES string of the molecule is CN=C(NCCOc1ccc(S(C)(=O)=O)cc1)NC1CC(C)N(Cc2ccccc2)C1. The van der Waals surface area contributed by atoms with E-state index in [0.29, 0.717) is 31.0 Å². The summed E-state index contributed by atoms with van der Waals surface area (Å²) < 4.78 is 28.7. The Morgan fingerprint density at radius 3 is 2.52 bits per heavy atom. The van der Waals surface area contributed by atoms with Crippen LogP contribution in [0.2, 0.25) is 0 Å². The molecule has 0 spiro atoms. The third-order valence-electron chi connectivity index (χ3n) is 5.41. The summed E-state index contributed by atoms with van der Waals surface area (Å²) >= 11 is 0. The Morgan fingerprint density at radius 2 is 1.87 bits per heavy atom. The minimum absolute atomic E-state index is 0.287. The van der Waals surface area contributed by atoms with Crippen molar-refractivity contribution in [2.75, 3.05) is 33.0 Å². The predicted octanol–water partition coefficient (Wildman–Crippen LogP) is 2.30. The van der Waals surface area contributed by atoms with E-state index >= 15 is 0 Å². The number of benzene rings is 2. The van der Waals surface area contributed by atoms with Crippen LogP contribution in [0.5, 0.6) is 5.75 Å². The Hall–Kier alpha value is -2.58. The Morgan fingerprint density at radius 1 is 1.16 bits per heavy atom. The Kier molecular flexibility index (Phi) is 7.92. The number of aliphatic imine (C=N–C) groups is 1. The summed E-state index contributed by atoms with van der Waals surface area (Å²) in [5, 5.41) is 6.79. The molecule has 1 aliphatic rings. The van der Waals surface area contributed by atoms with Gasteiger partial charge in [0.2, 0.25) is 0 Å². The predicted molar refractivity (Wildman–Crippen MR) is 124 cm³/mol. The van der Waals surface area contributed by atoms with E-state index in [2.05, 4.69) is 51.7 Å². The van der Waals surface area contributed by atoms with Crippen LogP contribution in [0.25, 0.3) is 0 Å². The van der Waals surface area contributed by atoms with E-state index < -0.39 is 9.84 Å². The molecule has 0 aliphatic carbocycles. The first-order chi connectivity index (χ1) is 14.8. The first kappa shape index (κ1) is 23.1. The fraction of sp³-hybridized carbons (Fsp3) is 0.435. The monoisotopic (exact) mass is 444 g/mol. The molecule has 3 rings (SSSR count). The van der Waals surface area contributed by atoms with Gasteiger partial charge in [0.05, 0.1) is 11.4 Å². The van der Waals surface area contributed by atoms with Gasteiger partial charge < -0.3 is 15.4 Å². The van der Waals surface area contributed by atoms with Crippen LogP contribution in [-0.2, 0) is 16.4 Å². The van der Waals surface area contributed by atoms with Crippen molar-refractivity contribution < 1.29 is 13.2 Å². The number of hydrogen-bond acceptors (Lipinski definition) is 5. The fourth-order valence-electron chi connectivity index (χ4n) is 3.75. The fourth-order valence-corrected chi connectivity index (χ4v) is 4.38. The molecule has 0 aromatic heterocycles. The molecule has 1 heterocycles. The van der Waals surface area contributed by atoms with Crippen LogP contribution in [0.15, 0.2) is 64.5 Å². The van der Waals surface area contributed by atoms with Crippen LogP contribution < -0.4 is 15.4 Å². The third-order valence-corrected chi connectivity index (χ3v) is 6.54. The van der Waals surface area contributed by atoms with Gasteiger partial charge in [0.1, 0.15) is 12.4 Å². The van der Waals surface area contributed by atoms with E-state index in [0.717, 1.165) is 25.5 Å². The maximum absolute atomic E-state index is 11.5. The highest BCUT2D eigenvalue weighted by atomic mass is 32.2. The van der Waals surface area contributed by atoms with Crippen LogP contribution in [0.4, 0.5) is 0 Å². The maximum atomic E-state index is 11.5. The zero-order valence-corrected chi connectivity index (χ0v) is 19.2. The molecule has 7 nitrogen and oxygen atoms in total. The first-order valence-corrected chi connectivity index (χ1v) is 12.4. The third kappa shape index (κ3) is 6.97. The van der Waals surface area contributed by atoms with Crippen LogP contribution in [0.3, 0.4) is 0 Å². The van der Waals surface area contributed by atoms with Crippen LogP contribution in [0, 0.1) is 0 Å². The first-order valence-electron chi connectivity index (χ1n) is 10.5. The minimum atomic E-state index is -3.19. The minimum Gasteiger partial charge on any atom is -0.492 e. The van der Waals surface area contributed by atoms with Gasteiger partial charge in [-0.2, -0.15) is 0 Å². The summed E-state index contributed by atoms with van der Waals surface area (Å²) in [7, 11) is -1.43. The van der Waals surface area contributed by atoms with Crippen molar-refractivity contribution in [3.05, 3.63) is 60.2 Å². The average molecular weight is 445 g/mol. The quantitative estimate of drug-likeness (QED) is 0.369. The van der Waals surface area contributed by atoms with E-state index in [1.165, 1.54) is 11.8 Å². The van der Waals surface area contributed by atoms with Gasteiger partial charge in [-0.1, -0.05) is 30.3 Å². The topological polar surface area (TPSA) is 83.0 Å². The smallest absolute Gasteiger partial charge is 0.191 e. The number of ether oxygens (including phenoxy) is 1. The van der Waals surface area contributed by atoms with E-state index in [9.17, 15) is 8.42 Å². The summed E-state index contributed by atoms with van der Waals surface area (Å²) in [4.78, 5) is 7.10. The van der Waals surface area contributed by atoms with Gasteiger partial charge in [-0.15, -0.1) is 0 Å². The maximum Gasteiger partial charge on any atom is 0.191 e. The van der Waals surface area contributed by atoms with Crippen LogP contribution in [0.1, 0.15) is 18.9 Å². The molecule has 2 aromatic carbocycles. The molecule has 0 saturated carbocycles. The molecule has 31 heavy (non-hydrogen) atoms. The van der Waals surface area contributed by atoms with Gasteiger partial charge in [-0.3, -0.25) is 9.89 Å². The summed E-state index contributed by atoms with van der Waals surface area (Å²) in [5.74, 6) is 1.40. The number of nitrogens with one attached hydrogen (secondary N) is 2. The van der Waals surface area contributed by atoms with Gasteiger partial charge in [-0.25, -0.2) is 8.42 Å². The number of hydrogen-bond donors (Lipinski definition) is 2. The average Bonchev–Trinajstić information content (AvgIpc) is 3.09. The van der Waals surface area contributed by atoms with Crippen molar-refractivity contribution in [3.63, 3.8) is 0 Å². The molecule has 2 aromatic rings. The van der Waals surface area contributed by atoms with Crippen molar-refractivity contribution in [2.45, 2.75) is 36.9 Å². The van der Waals surface area contributed by atoms with E-state index in [4.69, 9.17) is 4.74 Å². The molecular weight excluding hydrogens is 412 g/mol. The van der Waals surface area contributed by atoms with E-state index in [1.54, 1.807) is 31.3 Å². The number of rotatable bonds is 8. The molecule has 2 atom stereocenters. The van der Waals surface area contributed by atoms with Gasteiger partial charge in [0, 0.05) is 38.5 Å². The Bertz CT molecular complexity index is 962. The standard InChI is InChI=1S/C23H32N4O3S/c1-18-15-20(17-27(18)16-19-7-5-4-6-8-19)26-23(24-2)25-13-14-30-21-9-11-22(12-10-21)31(3,28)29/h4-12,18,20H,13-17H2,1-3H3,(H2,24,25,26). The van der Waals surface area contributed by atoms with E-state index in [-0.39, 0.29) is 4.90 Å². The Labute approximate surface area is 185 Å². The van der Waals surface area contributed by atoms with Crippen molar-refractivity contribution >= 4 is 15.8 Å². The number of likely N-dealkylation sites (tertiary alicyclic amines) is 1. The molecule has 0 bridgehead atoms. The normalized spacial score (nSPS) is 19.9. The van der Waals surface area contributed by atoms with E-state index in [1.807, 2.05) is 6.07 Å². The van der Waals surface area contributed by atoms with Crippen molar-refractivity contribution in [1.29, 1.82) is 0 Å². The van der Waals surface area contributed by atoms with Gasteiger partial charge >= 0.3 is 0 Å². The zero-order chi connectivity index (χ0) is 22.3. The molecular formula is C23H32N4O3S. The summed E-state index contributed by atoms with van der Waals surface area (Å²) in [6, 6.07) is 17.9. The highest BCUT2D eigenvalue weighted by Gasteiger charge is 2.29. The number of sulfone groups is 1. The molecule has 8 heteroatoms. The summed E-state index contributed by atoms with van der Waals surface area (Å²) in [6.45, 7) is 5.23. The highest BCUT2D eigenvalue weighted by molar-refractivity contribution is 7.90. The second-order valence-electron chi connectivity index (χ2n) is 7.93. The van der Waals surface area contributed by atoms with Crippen molar-refractivity contribution in [2.24, 2.45) is 4.99 Å². The van der Waals surface area contributed by atoms with Crippen LogP contribution >= 0.6 is 0 Å². The lowest BCUT2D eigenvalue weighted by Gasteiger charge is -2.21. The highest BCUT2D eigenvalue weighted by Crippen LogP contribution is 2.20. The molecule has 0 amide bonds.